The Morgan fingerprint density at radius 1 is 1.13 bits per heavy atom. The largest absolute Gasteiger partial charge is 0.494 e. The van der Waals surface area contributed by atoms with E-state index in [1.54, 1.807) is 36.4 Å². The van der Waals surface area contributed by atoms with Gasteiger partial charge in [-0.3, -0.25) is 14.4 Å². The van der Waals surface area contributed by atoms with E-state index < -0.39 is 22.5 Å². The minimum Gasteiger partial charge on any atom is -0.494 e. The van der Waals surface area contributed by atoms with E-state index in [9.17, 15) is 13.2 Å². The molecule has 164 valence electrons. The lowest BCUT2D eigenvalue weighted by Gasteiger charge is -2.24. The number of aromatic nitrogens is 2. The molecule has 0 radical (unpaired) electrons. The maximum Gasteiger partial charge on any atom is 0.264 e. The molecule has 1 N–H and O–H groups in total. The zero-order chi connectivity index (χ0) is 22.4. The number of thioether (sulfide) groups is 1. The van der Waals surface area contributed by atoms with Crippen LogP contribution in [0.4, 0.5) is 10.8 Å². The Balaban J connectivity index is 1.91. The van der Waals surface area contributed by atoms with Gasteiger partial charge in [0, 0.05) is 0 Å². The summed E-state index contributed by atoms with van der Waals surface area (Å²) in [7, 11) is -3.99. The van der Waals surface area contributed by atoms with Crippen molar-refractivity contribution in [2.24, 2.45) is 0 Å². The standard InChI is InChI=1S/C20H22N4O4S3/c1-4-28-16-9-7-15(8-10-16)24(31(26,27)17-11-5-14(2)6-12-17)13-18(25)21-19-22-23-20(29-3)30-19/h5-12H,4,13H2,1-3H3,(H,21,22,25). The second-order valence-corrected chi connectivity index (χ2v) is 10.3. The fourth-order valence-electron chi connectivity index (χ4n) is 2.66. The molecule has 2 aromatic carbocycles. The molecule has 1 aromatic heterocycles. The summed E-state index contributed by atoms with van der Waals surface area (Å²) in [5.41, 5.74) is 1.28. The van der Waals surface area contributed by atoms with Crippen molar-refractivity contribution in [3.05, 3.63) is 54.1 Å². The van der Waals surface area contributed by atoms with Gasteiger partial charge < -0.3 is 4.74 Å². The van der Waals surface area contributed by atoms with E-state index in [4.69, 9.17) is 4.74 Å². The molecule has 0 atom stereocenters. The molecule has 0 spiro atoms. The number of amides is 1. The molecular formula is C20H22N4O4S3. The van der Waals surface area contributed by atoms with Gasteiger partial charge in [0.1, 0.15) is 12.3 Å². The van der Waals surface area contributed by atoms with Crippen molar-refractivity contribution < 1.29 is 17.9 Å². The molecule has 1 amide bonds. The fourth-order valence-corrected chi connectivity index (χ4v) is 5.27. The van der Waals surface area contributed by atoms with Crippen LogP contribution < -0.4 is 14.4 Å². The minimum absolute atomic E-state index is 0.0976. The predicted molar refractivity (Wildman–Crippen MR) is 124 cm³/mol. The Bertz CT molecular complexity index is 1130. The lowest BCUT2D eigenvalue weighted by Crippen LogP contribution is -2.38. The molecule has 1 heterocycles. The number of nitrogens with zero attached hydrogens (tertiary/aromatic N) is 3. The van der Waals surface area contributed by atoms with Gasteiger partial charge in [-0.2, -0.15) is 0 Å². The molecule has 0 aliphatic rings. The van der Waals surface area contributed by atoms with Crippen molar-refractivity contribution in [3.8, 4) is 5.75 Å². The fraction of sp³-hybridized carbons (Fsp3) is 0.250. The smallest absolute Gasteiger partial charge is 0.264 e. The summed E-state index contributed by atoms with van der Waals surface area (Å²) in [4.78, 5) is 12.8. The highest BCUT2D eigenvalue weighted by Gasteiger charge is 2.27. The third-order valence-electron chi connectivity index (χ3n) is 4.16. The molecule has 8 nitrogen and oxygen atoms in total. The van der Waals surface area contributed by atoms with Crippen molar-refractivity contribution in [2.45, 2.75) is 23.1 Å². The van der Waals surface area contributed by atoms with Crippen molar-refractivity contribution in [2.75, 3.05) is 29.0 Å². The molecule has 31 heavy (non-hydrogen) atoms. The number of carbonyl (C=O) groups excluding carboxylic acids is 1. The number of benzene rings is 2. The van der Waals surface area contributed by atoms with Crippen molar-refractivity contribution in [3.63, 3.8) is 0 Å². The van der Waals surface area contributed by atoms with E-state index in [0.29, 0.717) is 27.5 Å². The highest BCUT2D eigenvalue weighted by molar-refractivity contribution is 8.00. The van der Waals surface area contributed by atoms with Gasteiger partial charge in [0.2, 0.25) is 11.0 Å². The Hall–Kier alpha value is -2.63. The van der Waals surface area contributed by atoms with Crippen LogP contribution in [-0.2, 0) is 14.8 Å². The molecule has 0 bridgehead atoms. The van der Waals surface area contributed by atoms with Gasteiger partial charge in [0.25, 0.3) is 10.0 Å². The summed E-state index contributed by atoms with van der Waals surface area (Å²) < 4.78 is 34.0. The first-order chi connectivity index (χ1) is 14.8. The van der Waals surface area contributed by atoms with Gasteiger partial charge >= 0.3 is 0 Å². The van der Waals surface area contributed by atoms with Crippen LogP contribution in [0.2, 0.25) is 0 Å². The quantitative estimate of drug-likeness (QED) is 0.369. The number of nitrogens with one attached hydrogen (secondary N) is 1. The predicted octanol–water partition coefficient (Wildman–Crippen LogP) is 3.80. The zero-order valence-electron chi connectivity index (χ0n) is 17.2. The van der Waals surface area contributed by atoms with Crippen molar-refractivity contribution >= 4 is 49.8 Å². The van der Waals surface area contributed by atoms with Crippen LogP contribution in [0.3, 0.4) is 0 Å². The van der Waals surface area contributed by atoms with Gasteiger partial charge in [-0.15, -0.1) is 10.2 Å². The SMILES string of the molecule is CCOc1ccc(N(CC(=O)Nc2nnc(SC)s2)S(=O)(=O)c2ccc(C)cc2)cc1. The summed E-state index contributed by atoms with van der Waals surface area (Å²) in [6, 6.07) is 13.1. The molecule has 3 aromatic rings. The van der Waals surface area contributed by atoms with Gasteiger partial charge in [0.15, 0.2) is 4.34 Å². The maximum absolute atomic E-state index is 13.4. The Morgan fingerprint density at radius 3 is 2.39 bits per heavy atom. The Morgan fingerprint density at radius 2 is 1.81 bits per heavy atom. The number of ether oxygens (including phenoxy) is 1. The molecule has 11 heteroatoms. The molecule has 0 aliphatic heterocycles. The summed E-state index contributed by atoms with van der Waals surface area (Å²) in [5.74, 6) is 0.0928. The van der Waals surface area contributed by atoms with E-state index in [-0.39, 0.29) is 4.90 Å². The minimum atomic E-state index is -3.99. The van der Waals surface area contributed by atoms with Crippen LogP contribution in [0.15, 0.2) is 57.8 Å². The lowest BCUT2D eigenvalue weighted by molar-refractivity contribution is -0.114. The third-order valence-corrected chi connectivity index (χ3v) is 7.76. The zero-order valence-corrected chi connectivity index (χ0v) is 19.7. The molecule has 0 saturated carbocycles. The molecule has 3 rings (SSSR count). The second-order valence-electron chi connectivity index (χ2n) is 6.38. The summed E-state index contributed by atoms with van der Waals surface area (Å²) in [6.45, 7) is 3.81. The molecular weight excluding hydrogens is 456 g/mol. The highest BCUT2D eigenvalue weighted by atomic mass is 32.2. The van der Waals surface area contributed by atoms with Crippen molar-refractivity contribution in [1.29, 1.82) is 0 Å². The van der Waals surface area contributed by atoms with E-state index in [1.165, 1.54) is 35.2 Å². The van der Waals surface area contributed by atoms with E-state index in [0.717, 1.165) is 9.87 Å². The van der Waals surface area contributed by atoms with Gasteiger partial charge in [-0.05, 0) is 56.5 Å². The normalized spacial score (nSPS) is 11.2. The summed E-state index contributed by atoms with van der Waals surface area (Å²) in [6.07, 6.45) is 1.86. The average molecular weight is 479 g/mol. The first-order valence-corrected chi connectivity index (χ1v) is 12.8. The number of carbonyl (C=O) groups is 1. The Kier molecular flexibility index (Phi) is 7.52. The summed E-state index contributed by atoms with van der Waals surface area (Å²) >= 11 is 2.63. The Labute approximate surface area is 189 Å². The third kappa shape index (κ3) is 5.75. The van der Waals surface area contributed by atoms with Crippen LogP contribution in [0.5, 0.6) is 5.75 Å². The van der Waals surface area contributed by atoms with Crippen LogP contribution >= 0.6 is 23.1 Å². The highest BCUT2D eigenvalue weighted by Crippen LogP contribution is 2.27. The first kappa shape index (κ1) is 23.0. The number of hydrogen-bond donors (Lipinski definition) is 1. The number of sulfonamides is 1. The molecule has 0 fully saturated rings. The molecule has 0 saturated heterocycles. The van der Waals surface area contributed by atoms with E-state index in [1.807, 2.05) is 20.1 Å². The van der Waals surface area contributed by atoms with Gasteiger partial charge in [0.05, 0.1) is 17.2 Å². The van der Waals surface area contributed by atoms with Crippen LogP contribution in [0.25, 0.3) is 0 Å². The van der Waals surface area contributed by atoms with Gasteiger partial charge in [-0.1, -0.05) is 40.8 Å². The maximum atomic E-state index is 13.4. The number of hydrogen-bond acceptors (Lipinski definition) is 8. The molecule has 0 aliphatic carbocycles. The van der Waals surface area contributed by atoms with Crippen LogP contribution in [0, 0.1) is 6.92 Å². The van der Waals surface area contributed by atoms with Crippen molar-refractivity contribution in [1.82, 2.24) is 10.2 Å². The lowest BCUT2D eigenvalue weighted by atomic mass is 10.2. The summed E-state index contributed by atoms with van der Waals surface area (Å²) in [5, 5.41) is 10.8. The van der Waals surface area contributed by atoms with Gasteiger partial charge in [-0.25, -0.2) is 8.42 Å². The van der Waals surface area contributed by atoms with E-state index in [2.05, 4.69) is 15.5 Å². The first-order valence-electron chi connectivity index (χ1n) is 9.33. The molecule has 0 unspecified atom stereocenters. The van der Waals surface area contributed by atoms with Crippen LogP contribution in [-0.4, -0.2) is 43.9 Å². The number of anilines is 2. The monoisotopic (exact) mass is 478 g/mol. The average Bonchev–Trinajstić information content (AvgIpc) is 3.20. The number of aryl methyl sites for hydroxylation is 1. The van der Waals surface area contributed by atoms with Crippen LogP contribution in [0.1, 0.15) is 12.5 Å². The topological polar surface area (TPSA) is 101 Å². The van der Waals surface area contributed by atoms with E-state index >= 15 is 0 Å². The second kappa shape index (κ2) is 10.1. The number of rotatable bonds is 9.